The molecule has 2 N–H and O–H groups in total. The molecule has 0 unspecified atom stereocenters. The van der Waals surface area contributed by atoms with Gasteiger partial charge in [-0.15, -0.1) is 0 Å². The molecule has 0 atom stereocenters. The van der Waals surface area contributed by atoms with Crippen LogP contribution in [0.2, 0.25) is 5.02 Å². The molecule has 0 saturated carbocycles. The van der Waals surface area contributed by atoms with E-state index in [1.54, 1.807) is 18.2 Å². The molecule has 0 aliphatic heterocycles. The Bertz CT molecular complexity index is 523. The average Bonchev–Trinajstić information content (AvgIpc) is 2.33. The lowest BCUT2D eigenvalue weighted by Gasteiger charge is -2.04. The molecular weight excluding hydrogens is 240 g/mol. The zero-order chi connectivity index (χ0) is 12.3. The number of pyridine rings is 1. The van der Waals surface area contributed by atoms with Gasteiger partial charge in [0, 0.05) is 11.9 Å². The topological polar surface area (TPSA) is 62.2 Å². The minimum atomic E-state index is -0.327. The van der Waals surface area contributed by atoms with Gasteiger partial charge in [0.05, 0.1) is 5.02 Å². The Labute approximate surface area is 103 Å². The molecule has 1 amide bonds. The van der Waals surface area contributed by atoms with E-state index in [9.17, 15) is 4.79 Å². The van der Waals surface area contributed by atoms with Crippen molar-refractivity contribution in [1.82, 2.24) is 4.98 Å². The van der Waals surface area contributed by atoms with Gasteiger partial charge in [0.1, 0.15) is 11.4 Å². The molecule has 1 aromatic carbocycles. The first-order chi connectivity index (χ1) is 8.15. The summed E-state index contributed by atoms with van der Waals surface area (Å²) >= 11 is 5.67. The van der Waals surface area contributed by atoms with Crippen LogP contribution in [0.4, 0.5) is 5.69 Å². The number of phenolic OH excluding ortho intramolecular Hbond substituents is 1. The maximum atomic E-state index is 11.7. The van der Waals surface area contributed by atoms with Crippen molar-refractivity contribution in [1.29, 1.82) is 0 Å². The fourth-order valence-electron chi connectivity index (χ4n) is 1.25. The van der Waals surface area contributed by atoms with E-state index in [2.05, 4.69) is 10.3 Å². The Morgan fingerprint density at radius 2 is 1.88 bits per heavy atom. The minimum absolute atomic E-state index is 0.146. The standard InChI is InChI=1S/C12H9ClN2O2/c13-8-1-6-11(14-7-8)12(17)15-9-2-4-10(16)5-3-9/h1-7,16H,(H,15,17). The number of hydrogen-bond donors (Lipinski definition) is 2. The zero-order valence-electron chi connectivity index (χ0n) is 8.72. The number of aromatic hydroxyl groups is 1. The van der Waals surface area contributed by atoms with Gasteiger partial charge in [0.2, 0.25) is 0 Å². The lowest BCUT2D eigenvalue weighted by Crippen LogP contribution is -2.13. The Morgan fingerprint density at radius 3 is 2.47 bits per heavy atom. The first-order valence-corrected chi connectivity index (χ1v) is 5.25. The Hall–Kier alpha value is -2.07. The molecule has 0 aliphatic carbocycles. The predicted molar refractivity (Wildman–Crippen MR) is 65.3 cm³/mol. The third-order valence-corrected chi connectivity index (χ3v) is 2.31. The maximum absolute atomic E-state index is 11.7. The molecule has 86 valence electrons. The highest BCUT2D eigenvalue weighted by Gasteiger charge is 2.07. The summed E-state index contributed by atoms with van der Waals surface area (Å²) in [5, 5.41) is 12.2. The van der Waals surface area contributed by atoms with Gasteiger partial charge < -0.3 is 10.4 Å². The van der Waals surface area contributed by atoms with Crippen molar-refractivity contribution in [2.45, 2.75) is 0 Å². The Kier molecular flexibility index (Phi) is 3.25. The van der Waals surface area contributed by atoms with Crippen LogP contribution in [0.15, 0.2) is 42.6 Å². The SMILES string of the molecule is O=C(Nc1ccc(O)cc1)c1ccc(Cl)cn1. The second-order valence-corrected chi connectivity index (χ2v) is 3.80. The zero-order valence-corrected chi connectivity index (χ0v) is 9.48. The molecule has 0 bridgehead atoms. The number of rotatable bonds is 2. The number of carbonyl (C=O) groups is 1. The number of anilines is 1. The summed E-state index contributed by atoms with van der Waals surface area (Å²) in [7, 11) is 0. The molecule has 1 heterocycles. The number of benzene rings is 1. The molecule has 0 aliphatic rings. The van der Waals surface area contributed by atoms with E-state index >= 15 is 0 Å². The smallest absolute Gasteiger partial charge is 0.274 e. The van der Waals surface area contributed by atoms with Gasteiger partial charge in [0.25, 0.3) is 5.91 Å². The number of hydrogen-bond acceptors (Lipinski definition) is 3. The van der Waals surface area contributed by atoms with Crippen molar-refractivity contribution in [3.05, 3.63) is 53.3 Å². The average molecular weight is 249 g/mol. The van der Waals surface area contributed by atoms with Crippen LogP contribution in [0.3, 0.4) is 0 Å². The highest BCUT2D eigenvalue weighted by atomic mass is 35.5. The summed E-state index contributed by atoms with van der Waals surface area (Å²) in [6.07, 6.45) is 1.41. The highest BCUT2D eigenvalue weighted by Crippen LogP contribution is 2.14. The van der Waals surface area contributed by atoms with Gasteiger partial charge in [-0.3, -0.25) is 4.79 Å². The molecule has 17 heavy (non-hydrogen) atoms. The number of aromatic nitrogens is 1. The van der Waals surface area contributed by atoms with Crippen molar-refractivity contribution in [2.75, 3.05) is 5.32 Å². The molecule has 2 aromatic rings. The molecule has 1 aromatic heterocycles. The van der Waals surface area contributed by atoms with E-state index in [1.165, 1.54) is 24.4 Å². The normalized spacial score (nSPS) is 9.94. The van der Waals surface area contributed by atoms with Crippen LogP contribution in [-0.2, 0) is 0 Å². The van der Waals surface area contributed by atoms with Crippen LogP contribution in [-0.4, -0.2) is 16.0 Å². The number of phenols is 1. The maximum Gasteiger partial charge on any atom is 0.274 e. The van der Waals surface area contributed by atoms with E-state index in [1.807, 2.05) is 0 Å². The molecular formula is C12H9ClN2O2. The van der Waals surface area contributed by atoms with Gasteiger partial charge in [-0.25, -0.2) is 4.98 Å². The molecule has 5 heteroatoms. The quantitative estimate of drug-likeness (QED) is 0.804. The summed E-state index contributed by atoms with van der Waals surface area (Å²) in [6.45, 7) is 0. The van der Waals surface area contributed by atoms with Crippen LogP contribution in [0, 0.1) is 0 Å². The minimum Gasteiger partial charge on any atom is -0.508 e. The first-order valence-electron chi connectivity index (χ1n) is 4.87. The van der Waals surface area contributed by atoms with Crippen molar-refractivity contribution >= 4 is 23.2 Å². The lowest BCUT2D eigenvalue weighted by atomic mass is 10.3. The van der Waals surface area contributed by atoms with E-state index in [0.29, 0.717) is 10.7 Å². The third kappa shape index (κ3) is 2.95. The van der Waals surface area contributed by atoms with Gasteiger partial charge in [0.15, 0.2) is 0 Å². The Balaban J connectivity index is 2.11. The third-order valence-electron chi connectivity index (χ3n) is 2.09. The largest absolute Gasteiger partial charge is 0.508 e. The van der Waals surface area contributed by atoms with Gasteiger partial charge in [-0.05, 0) is 36.4 Å². The van der Waals surface area contributed by atoms with Crippen LogP contribution in [0.1, 0.15) is 10.5 Å². The highest BCUT2D eigenvalue weighted by molar-refractivity contribution is 6.30. The summed E-state index contributed by atoms with van der Waals surface area (Å²) in [5.41, 5.74) is 0.868. The number of nitrogens with one attached hydrogen (secondary N) is 1. The fraction of sp³-hybridized carbons (Fsp3) is 0. The fourth-order valence-corrected chi connectivity index (χ4v) is 1.36. The van der Waals surface area contributed by atoms with Gasteiger partial charge in [-0.2, -0.15) is 0 Å². The summed E-state index contributed by atoms with van der Waals surface area (Å²) in [6, 6.07) is 9.32. The van der Waals surface area contributed by atoms with Crippen LogP contribution in [0.5, 0.6) is 5.75 Å². The molecule has 0 radical (unpaired) electrons. The first kappa shape index (κ1) is 11.4. The van der Waals surface area contributed by atoms with E-state index in [4.69, 9.17) is 16.7 Å². The number of halogens is 1. The molecule has 0 fully saturated rings. The van der Waals surface area contributed by atoms with Gasteiger partial charge >= 0.3 is 0 Å². The molecule has 2 rings (SSSR count). The van der Waals surface area contributed by atoms with Gasteiger partial charge in [-0.1, -0.05) is 11.6 Å². The van der Waals surface area contributed by atoms with Crippen molar-refractivity contribution < 1.29 is 9.90 Å². The van der Waals surface area contributed by atoms with E-state index in [-0.39, 0.29) is 17.4 Å². The summed E-state index contributed by atoms with van der Waals surface area (Å²) in [5.74, 6) is -0.181. The van der Waals surface area contributed by atoms with E-state index < -0.39 is 0 Å². The number of amides is 1. The Morgan fingerprint density at radius 1 is 1.18 bits per heavy atom. The van der Waals surface area contributed by atoms with Crippen molar-refractivity contribution in [3.8, 4) is 5.75 Å². The molecule has 0 saturated heterocycles. The van der Waals surface area contributed by atoms with Crippen molar-refractivity contribution in [2.24, 2.45) is 0 Å². The second kappa shape index (κ2) is 4.84. The van der Waals surface area contributed by atoms with E-state index in [0.717, 1.165) is 0 Å². The van der Waals surface area contributed by atoms with Crippen LogP contribution < -0.4 is 5.32 Å². The lowest BCUT2D eigenvalue weighted by molar-refractivity contribution is 0.102. The molecule has 0 spiro atoms. The number of nitrogens with zero attached hydrogens (tertiary/aromatic N) is 1. The van der Waals surface area contributed by atoms with Crippen molar-refractivity contribution in [3.63, 3.8) is 0 Å². The second-order valence-electron chi connectivity index (χ2n) is 3.36. The molecule has 4 nitrogen and oxygen atoms in total. The predicted octanol–water partition coefficient (Wildman–Crippen LogP) is 2.69. The monoisotopic (exact) mass is 248 g/mol. The summed E-state index contributed by atoms with van der Waals surface area (Å²) in [4.78, 5) is 15.6. The number of carbonyl (C=O) groups excluding carboxylic acids is 1. The van der Waals surface area contributed by atoms with Crippen LogP contribution in [0.25, 0.3) is 0 Å². The summed E-state index contributed by atoms with van der Waals surface area (Å²) < 4.78 is 0. The van der Waals surface area contributed by atoms with Crippen LogP contribution >= 0.6 is 11.6 Å².